The van der Waals surface area contributed by atoms with Crippen LogP contribution in [0.25, 0.3) is 6.08 Å². The number of hydrogen-bond donors (Lipinski definition) is 1. The van der Waals surface area contributed by atoms with E-state index in [9.17, 15) is 25.0 Å². The zero-order chi connectivity index (χ0) is 17.7. The third-order valence-corrected chi connectivity index (χ3v) is 2.97. The van der Waals surface area contributed by atoms with Gasteiger partial charge in [-0.05, 0) is 24.0 Å². The van der Waals surface area contributed by atoms with Crippen LogP contribution in [-0.4, -0.2) is 32.1 Å². The maximum atomic E-state index is 11.6. The van der Waals surface area contributed by atoms with Crippen molar-refractivity contribution in [2.75, 3.05) is 6.54 Å². The Labute approximate surface area is 134 Å². The van der Waals surface area contributed by atoms with Crippen LogP contribution >= 0.6 is 0 Å². The van der Waals surface area contributed by atoms with Crippen molar-refractivity contribution in [2.24, 2.45) is 0 Å². The monoisotopic (exact) mass is 335 g/mol. The van der Waals surface area contributed by atoms with Gasteiger partial charge in [0.15, 0.2) is 0 Å². The van der Waals surface area contributed by atoms with Gasteiger partial charge in [0.25, 0.3) is 0 Å². The molecule has 0 saturated carbocycles. The first-order valence-corrected chi connectivity index (χ1v) is 6.76. The third-order valence-electron chi connectivity index (χ3n) is 2.97. The number of aryl methyl sites for hydroxylation is 1. The molecule has 11 nitrogen and oxygen atoms in total. The number of aromatic nitrogens is 2. The van der Waals surface area contributed by atoms with E-state index in [0.29, 0.717) is 5.69 Å². The Balaban J connectivity index is 1.83. The van der Waals surface area contributed by atoms with E-state index in [4.69, 9.17) is 4.42 Å². The van der Waals surface area contributed by atoms with Gasteiger partial charge in [0.2, 0.25) is 5.91 Å². The SMILES string of the molecule is Cc1cc([N+](=O)[O-])nn1CCNC(=O)/C=C/c1ccc([N+](=O)[O-])o1. The van der Waals surface area contributed by atoms with Gasteiger partial charge in [-0.3, -0.25) is 14.9 Å². The molecule has 0 atom stereocenters. The van der Waals surface area contributed by atoms with Gasteiger partial charge in [-0.15, -0.1) is 0 Å². The fourth-order valence-corrected chi connectivity index (χ4v) is 1.84. The first-order chi connectivity index (χ1) is 11.4. The molecule has 0 bridgehead atoms. The second kappa shape index (κ2) is 7.17. The summed E-state index contributed by atoms with van der Waals surface area (Å²) < 4.78 is 6.28. The molecule has 0 saturated heterocycles. The minimum Gasteiger partial charge on any atom is -0.401 e. The summed E-state index contributed by atoms with van der Waals surface area (Å²) in [7, 11) is 0. The zero-order valence-electron chi connectivity index (χ0n) is 12.5. The molecule has 0 fully saturated rings. The van der Waals surface area contributed by atoms with Crippen molar-refractivity contribution in [3.05, 3.63) is 56.0 Å². The molecule has 2 rings (SSSR count). The Morgan fingerprint density at radius 1 is 1.38 bits per heavy atom. The van der Waals surface area contributed by atoms with Crippen molar-refractivity contribution in [3.8, 4) is 0 Å². The van der Waals surface area contributed by atoms with Crippen LogP contribution in [0.4, 0.5) is 11.7 Å². The van der Waals surface area contributed by atoms with Gasteiger partial charge in [0.05, 0.1) is 29.5 Å². The van der Waals surface area contributed by atoms with Crippen LogP contribution in [0.1, 0.15) is 11.5 Å². The van der Waals surface area contributed by atoms with Gasteiger partial charge in [0, 0.05) is 12.6 Å². The van der Waals surface area contributed by atoms with E-state index in [1.807, 2.05) is 0 Å². The smallest absolute Gasteiger partial charge is 0.401 e. The molecule has 2 aromatic heterocycles. The van der Waals surface area contributed by atoms with E-state index in [0.717, 1.165) is 0 Å². The molecule has 0 aliphatic heterocycles. The molecule has 24 heavy (non-hydrogen) atoms. The summed E-state index contributed by atoms with van der Waals surface area (Å²) in [5.74, 6) is -0.923. The molecular formula is C13H13N5O6. The van der Waals surface area contributed by atoms with E-state index in [1.165, 1.54) is 35.0 Å². The van der Waals surface area contributed by atoms with Crippen LogP contribution in [-0.2, 0) is 11.3 Å². The van der Waals surface area contributed by atoms with Crippen molar-refractivity contribution in [1.29, 1.82) is 0 Å². The molecule has 1 N–H and O–H groups in total. The molecule has 2 aromatic rings. The molecule has 0 aliphatic rings. The Morgan fingerprint density at radius 2 is 2.12 bits per heavy atom. The van der Waals surface area contributed by atoms with Crippen LogP contribution in [0.2, 0.25) is 0 Å². The van der Waals surface area contributed by atoms with Crippen molar-refractivity contribution in [3.63, 3.8) is 0 Å². The largest absolute Gasteiger partial charge is 0.433 e. The second-order valence-electron chi connectivity index (χ2n) is 4.68. The van der Waals surface area contributed by atoms with Gasteiger partial charge < -0.3 is 19.8 Å². The highest BCUT2D eigenvalue weighted by Gasteiger charge is 2.15. The van der Waals surface area contributed by atoms with Gasteiger partial charge in [-0.25, -0.2) is 0 Å². The Bertz CT molecular complexity index is 806. The minimum absolute atomic E-state index is 0.176. The number of furan rings is 1. The zero-order valence-corrected chi connectivity index (χ0v) is 12.5. The van der Waals surface area contributed by atoms with E-state index >= 15 is 0 Å². The molecule has 0 radical (unpaired) electrons. The topological polar surface area (TPSA) is 146 Å². The summed E-state index contributed by atoms with van der Waals surface area (Å²) in [6, 6.07) is 3.89. The van der Waals surface area contributed by atoms with Crippen LogP contribution in [0.5, 0.6) is 0 Å². The molecule has 0 unspecified atom stereocenters. The summed E-state index contributed by atoms with van der Waals surface area (Å²) >= 11 is 0. The lowest BCUT2D eigenvalue weighted by atomic mass is 10.4. The van der Waals surface area contributed by atoms with Crippen molar-refractivity contribution in [2.45, 2.75) is 13.5 Å². The minimum atomic E-state index is -0.678. The number of amides is 1. The summed E-state index contributed by atoms with van der Waals surface area (Å²) in [6.07, 6.45) is 2.47. The Hall–Kier alpha value is -3.50. The number of carbonyl (C=O) groups excluding carboxylic acids is 1. The maximum Gasteiger partial charge on any atom is 0.433 e. The lowest BCUT2D eigenvalue weighted by molar-refractivity contribution is -0.402. The highest BCUT2D eigenvalue weighted by atomic mass is 16.6. The predicted molar refractivity (Wildman–Crippen MR) is 81.0 cm³/mol. The van der Waals surface area contributed by atoms with E-state index < -0.39 is 21.6 Å². The van der Waals surface area contributed by atoms with Gasteiger partial charge in [-0.1, -0.05) is 0 Å². The molecule has 0 aliphatic carbocycles. The highest BCUT2D eigenvalue weighted by Crippen LogP contribution is 2.16. The van der Waals surface area contributed by atoms with Crippen LogP contribution in [0.15, 0.2) is 28.7 Å². The number of nitrogens with one attached hydrogen (secondary N) is 1. The molecule has 11 heteroatoms. The predicted octanol–water partition coefficient (Wildman–Crippen LogP) is 1.43. The first kappa shape index (κ1) is 16.9. The van der Waals surface area contributed by atoms with E-state index in [-0.39, 0.29) is 24.7 Å². The molecule has 1 amide bonds. The van der Waals surface area contributed by atoms with Crippen molar-refractivity contribution in [1.82, 2.24) is 15.1 Å². The van der Waals surface area contributed by atoms with Crippen molar-refractivity contribution >= 4 is 23.7 Å². The van der Waals surface area contributed by atoms with Gasteiger partial charge in [-0.2, -0.15) is 4.68 Å². The third kappa shape index (κ3) is 4.25. The average molecular weight is 335 g/mol. The summed E-state index contributed by atoms with van der Waals surface area (Å²) in [4.78, 5) is 31.4. The van der Waals surface area contributed by atoms with Gasteiger partial charge >= 0.3 is 11.7 Å². The van der Waals surface area contributed by atoms with Crippen LogP contribution in [0, 0.1) is 27.2 Å². The van der Waals surface area contributed by atoms with E-state index in [1.54, 1.807) is 6.92 Å². The Morgan fingerprint density at radius 3 is 2.71 bits per heavy atom. The molecule has 0 aromatic carbocycles. The van der Waals surface area contributed by atoms with E-state index in [2.05, 4.69) is 10.4 Å². The average Bonchev–Trinajstić information content (AvgIpc) is 3.13. The lowest BCUT2D eigenvalue weighted by Gasteiger charge is -2.01. The Kier molecular flexibility index (Phi) is 5.04. The number of rotatable bonds is 7. The quantitative estimate of drug-likeness (QED) is 0.457. The number of carbonyl (C=O) groups is 1. The normalized spacial score (nSPS) is 10.9. The second-order valence-corrected chi connectivity index (χ2v) is 4.68. The summed E-state index contributed by atoms with van der Waals surface area (Å²) in [5, 5.41) is 27.4. The first-order valence-electron chi connectivity index (χ1n) is 6.76. The summed E-state index contributed by atoms with van der Waals surface area (Å²) in [6.45, 7) is 2.15. The maximum absolute atomic E-state index is 11.6. The fourth-order valence-electron chi connectivity index (χ4n) is 1.84. The van der Waals surface area contributed by atoms with Crippen LogP contribution in [0.3, 0.4) is 0 Å². The molecule has 2 heterocycles. The van der Waals surface area contributed by atoms with Crippen molar-refractivity contribution < 1.29 is 19.1 Å². The number of nitrogens with zero attached hydrogens (tertiary/aromatic N) is 4. The fraction of sp³-hybridized carbons (Fsp3) is 0.231. The highest BCUT2D eigenvalue weighted by molar-refractivity contribution is 5.91. The summed E-state index contributed by atoms with van der Waals surface area (Å²) in [5.41, 5.74) is 0.606. The van der Waals surface area contributed by atoms with Crippen LogP contribution < -0.4 is 5.32 Å². The molecule has 0 spiro atoms. The standard InChI is InChI=1S/C13H13N5O6/c1-9-8-11(17(20)21)15-16(9)7-6-14-12(19)4-2-10-3-5-13(24-10)18(22)23/h2-5,8H,6-7H2,1H3,(H,14,19)/b4-2+. The lowest BCUT2D eigenvalue weighted by Crippen LogP contribution is -2.26. The molecular weight excluding hydrogens is 322 g/mol. The molecule has 126 valence electrons. The number of nitro groups is 2. The number of hydrogen-bond acceptors (Lipinski definition) is 7. The van der Waals surface area contributed by atoms with Gasteiger partial charge in [0.1, 0.15) is 10.7 Å².